The molecular weight excluding hydrogens is 217 g/mol. The Morgan fingerprint density at radius 1 is 1.50 bits per heavy atom. The van der Waals surface area contributed by atoms with Gasteiger partial charge in [-0.1, -0.05) is 0 Å². The van der Waals surface area contributed by atoms with E-state index in [1.165, 1.54) is 0 Å². The Labute approximate surface area is 69.6 Å². The highest BCUT2D eigenvalue weighted by Gasteiger charge is 2.02. The minimum atomic E-state index is 0. The quantitative estimate of drug-likeness (QED) is 0.399. The molecule has 1 N–H and O–H groups in total. The summed E-state index contributed by atoms with van der Waals surface area (Å²) in [4.78, 5) is 0. The summed E-state index contributed by atoms with van der Waals surface area (Å²) >= 11 is 0. The topological polar surface area (TPSA) is 20.2 Å². The van der Waals surface area contributed by atoms with Crippen LogP contribution in [0.4, 0.5) is 0 Å². The summed E-state index contributed by atoms with van der Waals surface area (Å²) in [5, 5.41) is 4.15. The molecule has 2 nitrogen and oxygen atoms in total. The number of aliphatic hydroxyl groups is 1. The van der Waals surface area contributed by atoms with Gasteiger partial charge in [-0.05, 0) is 0 Å². The molecule has 0 unspecified atom stereocenters. The molecule has 0 aliphatic carbocycles. The van der Waals surface area contributed by atoms with Crippen molar-refractivity contribution < 1.29 is 33.6 Å². The van der Waals surface area contributed by atoms with Gasteiger partial charge in [0.25, 0.3) is 0 Å². The monoisotopic (exact) mass is 232 g/mol. The van der Waals surface area contributed by atoms with Gasteiger partial charge in [0.2, 0.25) is 1.43 Å². The van der Waals surface area contributed by atoms with E-state index in [2.05, 4.69) is 26.3 Å². The molecule has 0 bridgehead atoms. The van der Waals surface area contributed by atoms with E-state index < -0.39 is 0 Å². The van der Waals surface area contributed by atoms with Crippen molar-refractivity contribution in [1.82, 2.24) is 0 Å². The summed E-state index contributed by atoms with van der Waals surface area (Å²) in [5.41, 5.74) is 0. The molecule has 0 aliphatic heterocycles. The van der Waals surface area contributed by atoms with Gasteiger partial charge in [0, 0.05) is 0 Å². The minimum Gasteiger partial charge on any atom is -1.00 e. The molecular formula is C5H14INO. The van der Waals surface area contributed by atoms with E-state index in [1.54, 1.807) is 0 Å². The van der Waals surface area contributed by atoms with Crippen molar-refractivity contribution in [2.75, 3.05) is 34.3 Å². The number of aliphatic hydroxyl groups excluding tert-OH is 1. The summed E-state index contributed by atoms with van der Waals surface area (Å²) < 4.78 is 7.23. The molecule has 0 saturated carbocycles. The van der Waals surface area contributed by atoms with Crippen molar-refractivity contribution in [3.63, 3.8) is 0 Å². The number of rotatable bonds is 3. The maximum Gasteiger partial charge on any atom is 0.210 e. The summed E-state index contributed by atoms with van der Waals surface area (Å²) in [6.07, 6.45) is 0. The van der Waals surface area contributed by atoms with Crippen molar-refractivity contribution in [3.05, 3.63) is 0 Å². The zero-order valence-electron chi connectivity index (χ0n) is 6.65. The molecule has 3 heteroatoms. The fourth-order valence-corrected chi connectivity index (χ4v) is 0.274. The Morgan fingerprint density at radius 3 is 2.12 bits per heavy atom. The molecule has 0 rings (SSSR count). The predicted octanol–water partition coefficient (Wildman–Crippen LogP) is -3.31. The minimum absolute atomic E-state index is 0. The maximum absolute atomic E-state index is 6.37. The molecule has 0 heterocycles. The number of hydrogen-bond donors (Lipinski definition) is 1. The Bertz CT molecular complexity index is 64.5. The molecule has 0 spiro atoms. The lowest BCUT2D eigenvalue weighted by atomic mass is 10.5. The molecule has 0 aromatic heterocycles. The van der Waals surface area contributed by atoms with Gasteiger partial charge < -0.3 is 33.6 Å². The number of halogens is 1. The zero-order chi connectivity index (χ0) is 6.62. The van der Waals surface area contributed by atoms with Crippen LogP contribution in [0.2, 0.25) is 0 Å². The molecule has 0 radical (unpaired) electrons. The molecule has 8 heavy (non-hydrogen) atoms. The zero-order valence-corrected chi connectivity index (χ0v) is 7.81. The lowest BCUT2D eigenvalue weighted by Crippen LogP contribution is -3.00. The molecule has 0 fully saturated rings. The number of quaternary nitrogens is 1. The summed E-state index contributed by atoms with van der Waals surface area (Å²) in [5.74, 6) is 0. The molecule has 0 amide bonds. The van der Waals surface area contributed by atoms with Gasteiger partial charge in [0.05, 0.1) is 27.7 Å². The first-order chi connectivity index (χ1) is 3.56. The third kappa shape index (κ3) is 9.82. The fraction of sp³-hybridized carbons (Fsp3) is 1.00. The highest BCUT2D eigenvalue weighted by atomic mass is 127. The van der Waals surface area contributed by atoms with Crippen molar-refractivity contribution in [2.45, 2.75) is 0 Å². The van der Waals surface area contributed by atoms with Gasteiger partial charge in [-0.2, -0.15) is 0 Å². The first-order valence-electron chi connectivity index (χ1n) is 2.85. The standard InChI is InChI=1S/C5H14NO.HI/c1-6(2,3)4-5-7;/h7H,4-5H2,1-3H3;1H/q+1;/p-1/i7D;. The number of hydrogen-bond acceptors (Lipinski definition) is 1. The molecule has 52 valence electrons. The highest BCUT2D eigenvalue weighted by molar-refractivity contribution is 4.19. The first-order valence-corrected chi connectivity index (χ1v) is 2.45. The molecule has 0 atom stereocenters. The third-order valence-corrected chi connectivity index (χ3v) is 0.762. The van der Waals surface area contributed by atoms with Gasteiger partial charge in [-0.25, -0.2) is 0 Å². The van der Waals surface area contributed by atoms with E-state index in [0.717, 1.165) is 11.0 Å². The third-order valence-electron chi connectivity index (χ3n) is 0.762. The normalized spacial score (nSPS) is 12.1. The van der Waals surface area contributed by atoms with Crippen LogP contribution in [0, 0.1) is 0 Å². The molecule has 0 aliphatic rings. The first kappa shape index (κ1) is 8.65. The van der Waals surface area contributed by atoms with Crippen LogP contribution in [-0.2, 0) is 0 Å². The lowest BCUT2D eigenvalue weighted by Gasteiger charge is -2.21. The van der Waals surface area contributed by atoms with Gasteiger partial charge in [0.15, 0.2) is 0 Å². The summed E-state index contributed by atoms with van der Waals surface area (Å²) in [7, 11) is 6.21. The average molecular weight is 232 g/mol. The molecule has 0 aromatic carbocycles. The Kier molecular flexibility index (Phi) is 4.89. The van der Waals surface area contributed by atoms with Crippen molar-refractivity contribution in [2.24, 2.45) is 0 Å². The average Bonchev–Trinajstić information content (AvgIpc) is 1.59. The van der Waals surface area contributed by atoms with Crippen molar-refractivity contribution >= 4 is 0 Å². The van der Waals surface area contributed by atoms with Gasteiger partial charge in [-0.3, -0.25) is 0 Å². The second kappa shape index (κ2) is 4.52. The van der Waals surface area contributed by atoms with Crippen molar-refractivity contribution in [1.29, 1.82) is 1.43 Å². The summed E-state index contributed by atoms with van der Waals surface area (Å²) in [6.45, 7) is 1.41. The van der Waals surface area contributed by atoms with Crippen LogP contribution in [0.3, 0.4) is 0 Å². The second-order valence-corrected chi connectivity index (χ2v) is 2.72. The van der Waals surface area contributed by atoms with E-state index in [4.69, 9.17) is 1.43 Å². The van der Waals surface area contributed by atoms with E-state index in [0.29, 0.717) is 6.61 Å². The summed E-state index contributed by atoms with van der Waals surface area (Å²) in [6, 6.07) is 0. The van der Waals surface area contributed by atoms with Crippen LogP contribution in [0.25, 0.3) is 0 Å². The van der Waals surface area contributed by atoms with Gasteiger partial charge >= 0.3 is 0 Å². The predicted molar refractivity (Wildman–Crippen MR) is 30.0 cm³/mol. The van der Waals surface area contributed by atoms with Crippen LogP contribution in [0.15, 0.2) is 0 Å². The number of nitrogens with zero attached hydrogens (tertiary/aromatic N) is 1. The fourth-order valence-electron chi connectivity index (χ4n) is 0.274. The van der Waals surface area contributed by atoms with Gasteiger partial charge in [-0.15, -0.1) is 0 Å². The van der Waals surface area contributed by atoms with Crippen LogP contribution in [-0.4, -0.2) is 45.3 Å². The van der Waals surface area contributed by atoms with E-state index in [9.17, 15) is 0 Å². The smallest absolute Gasteiger partial charge is 0.210 e. The number of likely N-dealkylation sites (N-methyl/N-ethyl adjacent to an activating group) is 1. The Balaban J connectivity index is 0. The van der Waals surface area contributed by atoms with E-state index in [-0.39, 0.29) is 24.0 Å². The SMILES string of the molecule is [2H]OCC[N+](C)(C)C.[I-]. The molecule has 0 aromatic rings. The second-order valence-electron chi connectivity index (χ2n) is 2.72. The molecule has 0 saturated heterocycles. The largest absolute Gasteiger partial charge is 1.00 e. The van der Waals surface area contributed by atoms with E-state index >= 15 is 0 Å². The highest BCUT2D eigenvalue weighted by Crippen LogP contribution is 1.84. The lowest BCUT2D eigenvalue weighted by molar-refractivity contribution is -0.870. The Morgan fingerprint density at radius 2 is 2.00 bits per heavy atom. The Hall–Kier alpha value is 0.650. The van der Waals surface area contributed by atoms with Crippen LogP contribution in [0.5, 0.6) is 0 Å². The van der Waals surface area contributed by atoms with Crippen LogP contribution >= 0.6 is 0 Å². The van der Waals surface area contributed by atoms with Crippen molar-refractivity contribution in [3.8, 4) is 0 Å². The van der Waals surface area contributed by atoms with Crippen LogP contribution < -0.4 is 24.0 Å². The maximum atomic E-state index is 6.37. The van der Waals surface area contributed by atoms with Gasteiger partial charge in [0.1, 0.15) is 6.54 Å². The van der Waals surface area contributed by atoms with Crippen LogP contribution in [0.1, 0.15) is 0 Å². The van der Waals surface area contributed by atoms with E-state index in [1.807, 2.05) is 0 Å².